The topological polar surface area (TPSA) is 69.7 Å². The van der Waals surface area contributed by atoms with Gasteiger partial charge in [0.1, 0.15) is 11.4 Å². The second-order valence-corrected chi connectivity index (χ2v) is 9.19. The molecule has 0 aliphatic carbocycles. The molecule has 4 aliphatic heterocycles. The summed E-state index contributed by atoms with van der Waals surface area (Å²) in [5, 5.41) is 2.80. The number of anilines is 2. The first-order valence-electron chi connectivity index (χ1n) is 10.4. The van der Waals surface area contributed by atoms with E-state index in [4.69, 9.17) is 11.6 Å². The van der Waals surface area contributed by atoms with Gasteiger partial charge >= 0.3 is 0 Å². The minimum atomic E-state index is -1.21. The molecule has 0 unspecified atom stereocenters. The number of nitrogens with one attached hydrogen (secondary N) is 1. The number of carbonyl (C=O) groups excluding carboxylic acids is 3. The lowest BCUT2D eigenvalue weighted by atomic mass is 9.75. The molecule has 2 aromatic rings. The fraction of sp³-hybridized carbons (Fsp3) is 0.348. The number of benzene rings is 2. The Kier molecular flexibility index (Phi) is 3.76. The molecule has 158 valence electrons. The van der Waals surface area contributed by atoms with E-state index in [1.807, 2.05) is 25.1 Å². The third-order valence-corrected chi connectivity index (χ3v) is 7.60. The average Bonchev–Trinajstić information content (AvgIpc) is 3.43. The summed E-state index contributed by atoms with van der Waals surface area (Å²) >= 11 is 5.93. The molecule has 4 atom stereocenters. The fourth-order valence-electron chi connectivity index (χ4n) is 6.20. The maximum Gasteiger partial charge on any atom is 0.250 e. The lowest BCUT2D eigenvalue weighted by Gasteiger charge is -2.36. The molecule has 0 aromatic heterocycles. The van der Waals surface area contributed by atoms with Crippen LogP contribution in [0, 0.1) is 24.6 Å². The Hall–Kier alpha value is -2.77. The van der Waals surface area contributed by atoms with Gasteiger partial charge in [0.05, 0.1) is 22.5 Å². The Morgan fingerprint density at radius 2 is 1.94 bits per heavy atom. The maximum absolute atomic E-state index is 13.8. The van der Waals surface area contributed by atoms with Gasteiger partial charge in [-0.05, 0) is 50.6 Å². The van der Waals surface area contributed by atoms with Gasteiger partial charge in [-0.25, -0.2) is 9.29 Å². The Balaban J connectivity index is 1.56. The van der Waals surface area contributed by atoms with Crippen molar-refractivity contribution in [3.63, 3.8) is 0 Å². The van der Waals surface area contributed by atoms with Crippen LogP contribution in [0.3, 0.4) is 0 Å². The zero-order valence-corrected chi connectivity index (χ0v) is 17.4. The molecule has 2 aromatic carbocycles. The molecule has 4 aliphatic rings. The second-order valence-electron chi connectivity index (χ2n) is 8.79. The van der Waals surface area contributed by atoms with E-state index in [1.54, 1.807) is 0 Å². The van der Waals surface area contributed by atoms with Crippen molar-refractivity contribution in [2.45, 2.75) is 31.3 Å². The number of rotatable bonds is 1. The van der Waals surface area contributed by atoms with Crippen molar-refractivity contribution in [2.24, 2.45) is 11.8 Å². The molecule has 1 spiro atoms. The number of amides is 3. The van der Waals surface area contributed by atoms with Crippen LogP contribution in [0.2, 0.25) is 5.02 Å². The van der Waals surface area contributed by atoms with Crippen LogP contribution in [0.15, 0.2) is 36.4 Å². The van der Waals surface area contributed by atoms with Crippen molar-refractivity contribution < 1.29 is 18.8 Å². The van der Waals surface area contributed by atoms with E-state index in [2.05, 4.69) is 10.2 Å². The first kappa shape index (κ1) is 19.0. The molecule has 3 saturated heterocycles. The second kappa shape index (κ2) is 6.14. The van der Waals surface area contributed by atoms with Crippen LogP contribution in [-0.4, -0.2) is 35.2 Å². The van der Waals surface area contributed by atoms with Crippen molar-refractivity contribution in [3.8, 4) is 0 Å². The van der Waals surface area contributed by atoms with Gasteiger partial charge in [-0.1, -0.05) is 29.3 Å². The standard InChI is InChI=1S/C23H19ClFN3O3/c1-11-4-7-16-13(9-11)23(22(31)26-16)19-18(17-3-2-8-27(17)23)20(29)28(21(19)30)12-5-6-15(25)14(24)10-12/h4-7,9-10,17-19H,2-3,8H2,1H3,(H,26,31)/t17-,18-,19-,23-/m1/s1. The molecule has 3 fully saturated rings. The van der Waals surface area contributed by atoms with Crippen LogP contribution in [0.1, 0.15) is 24.0 Å². The van der Waals surface area contributed by atoms with E-state index in [9.17, 15) is 18.8 Å². The monoisotopic (exact) mass is 439 g/mol. The minimum absolute atomic E-state index is 0.160. The Morgan fingerprint density at radius 1 is 1.13 bits per heavy atom. The molecule has 6 nitrogen and oxygen atoms in total. The van der Waals surface area contributed by atoms with Crippen LogP contribution in [0.4, 0.5) is 15.8 Å². The first-order chi connectivity index (χ1) is 14.9. The summed E-state index contributed by atoms with van der Waals surface area (Å²) in [7, 11) is 0. The fourth-order valence-corrected chi connectivity index (χ4v) is 6.37. The number of halogens is 2. The van der Waals surface area contributed by atoms with Crippen molar-refractivity contribution in [3.05, 3.63) is 58.4 Å². The van der Waals surface area contributed by atoms with Crippen LogP contribution < -0.4 is 10.2 Å². The van der Waals surface area contributed by atoms with Gasteiger partial charge in [-0.15, -0.1) is 0 Å². The zero-order valence-electron chi connectivity index (χ0n) is 16.7. The summed E-state index contributed by atoms with van der Waals surface area (Å²) < 4.78 is 13.7. The molecule has 31 heavy (non-hydrogen) atoms. The minimum Gasteiger partial charge on any atom is -0.324 e. The van der Waals surface area contributed by atoms with E-state index >= 15 is 0 Å². The predicted molar refractivity (Wildman–Crippen MR) is 112 cm³/mol. The third kappa shape index (κ3) is 2.18. The number of imide groups is 1. The highest BCUT2D eigenvalue weighted by atomic mass is 35.5. The van der Waals surface area contributed by atoms with E-state index in [-0.39, 0.29) is 28.6 Å². The van der Waals surface area contributed by atoms with Crippen LogP contribution in [-0.2, 0) is 19.9 Å². The summed E-state index contributed by atoms with van der Waals surface area (Å²) in [6, 6.07) is 9.34. The third-order valence-electron chi connectivity index (χ3n) is 7.31. The summed E-state index contributed by atoms with van der Waals surface area (Å²) in [5.41, 5.74) is 1.45. The highest BCUT2D eigenvalue weighted by Crippen LogP contribution is 2.60. The summed E-state index contributed by atoms with van der Waals surface area (Å²) in [4.78, 5) is 44.1. The molecule has 4 heterocycles. The average molecular weight is 440 g/mol. The molecule has 3 amide bonds. The van der Waals surface area contributed by atoms with E-state index in [0.29, 0.717) is 12.2 Å². The number of fused-ring (bicyclic) bond motifs is 7. The number of hydrogen-bond donors (Lipinski definition) is 1. The van der Waals surface area contributed by atoms with Gasteiger partial charge in [-0.3, -0.25) is 19.3 Å². The first-order valence-corrected chi connectivity index (χ1v) is 10.8. The number of nitrogens with zero attached hydrogens (tertiary/aromatic N) is 2. The Morgan fingerprint density at radius 3 is 2.71 bits per heavy atom. The predicted octanol–water partition coefficient (Wildman–Crippen LogP) is 3.22. The molecule has 8 heteroatoms. The highest BCUT2D eigenvalue weighted by Gasteiger charge is 2.74. The van der Waals surface area contributed by atoms with Gasteiger partial charge in [-0.2, -0.15) is 0 Å². The van der Waals surface area contributed by atoms with E-state index < -0.39 is 29.1 Å². The molecule has 0 bridgehead atoms. The maximum atomic E-state index is 13.8. The van der Waals surface area contributed by atoms with Gasteiger partial charge in [0.2, 0.25) is 17.7 Å². The van der Waals surface area contributed by atoms with E-state index in [0.717, 1.165) is 34.9 Å². The molecule has 6 rings (SSSR count). The smallest absolute Gasteiger partial charge is 0.250 e. The van der Waals surface area contributed by atoms with Gasteiger partial charge < -0.3 is 5.32 Å². The van der Waals surface area contributed by atoms with Crippen molar-refractivity contribution >= 4 is 40.7 Å². The largest absolute Gasteiger partial charge is 0.324 e. The van der Waals surface area contributed by atoms with Crippen LogP contribution in [0.5, 0.6) is 0 Å². The van der Waals surface area contributed by atoms with Crippen molar-refractivity contribution in [2.75, 3.05) is 16.8 Å². The van der Waals surface area contributed by atoms with Crippen LogP contribution in [0.25, 0.3) is 0 Å². The summed E-state index contributed by atoms with van der Waals surface area (Å²) in [6.45, 7) is 2.60. The molecule has 0 radical (unpaired) electrons. The number of carbonyl (C=O) groups is 3. The zero-order chi connectivity index (χ0) is 21.7. The Labute approximate surface area is 183 Å². The summed E-state index contributed by atoms with van der Waals surface area (Å²) in [5.74, 6) is -3.12. The van der Waals surface area contributed by atoms with Crippen LogP contribution >= 0.6 is 11.6 Å². The summed E-state index contributed by atoms with van der Waals surface area (Å²) in [6.07, 6.45) is 1.60. The van der Waals surface area contributed by atoms with Gasteiger partial charge in [0.15, 0.2) is 0 Å². The number of hydrogen-bond acceptors (Lipinski definition) is 4. The lowest BCUT2D eigenvalue weighted by Crippen LogP contribution is -2.54. The number of aryl methyl sites for hydroxylation is 1. The molecule has 1 N–H and O–H groups in total. The molecular weight excluding hydrogens is 421 g/mol. The van der Waals surface area contributed by atoms with Crippen molar-refractivity contribution in [1.29, 1.82) is 0 Å². The van der Waals surface area contributed by atoms with E-state index in [1.165, 1.54) is 12.1 Å². The molecule has 0 saturated carbocycles. The van der Waals surface area contributed by atoms with Gasteiger partial charge in [0, 0.05) is 17.3 Å². The highest BCUT2D eigenvalue weighted by molar-refractivity contribution is 6.32. The molecular formula is C23H19ClFN3O3. The van der Waals surface area contributed by atoms with Crippen molar-refractivity contribution in [1.82, 2.24) is 4.90 Å². The quantitative estimate of drug-likeness (QED) is 0.693. The SMILES string of the molecule is Cc1ccc2c(c1)[C@]1(C(=O)N2)[C@H]2C(=O)N(c3ccc(F)c(Cl)c3)C(=O)[C@@H]2[C@H]2CCCN21. The normalized spacial score (nSPS) is 31.4. The lowest BCUT2D eigenvalue weighted by molar-refractivity contribution is -0.135. The van der Waals surface area contributed by atoms with Gasteiger partial charge in [0.25, 0.3) is 0 Å². The Bertz CT molecular complexity index is 1200.